The number of amides is 1. The van der Waals surface area contributed by atoms with Gasteiger partial charge < -0.3 is 15.8 Å². The lowest BCUT2D eigenvalue weighted by Gasteiger charge is -2.13. The first kappa shape index (κ1) is 19.7. The lowest BCUT2D eigenvalue weighted by molar-refractivity contribution is -0.137. The van der Waals surface area contributed by atoms with E-state index in [0.717, 1.165) is 18.6 Å². The number of ether oxygens (including phenoxy) is 1. The number of rotatable bonds is 5. The van der Waals surface area contributed by atoms with Gasteiger partial charge in [0.05, 0.1) is 5.56 Å². The Morgan fingerprint density at radius 2 is 2.09 bits per heavy atom. The molecule has 1 aliphatic heterocycles. The molecule has 1 aromatic rings. The van der Waals surface area contributed by atoms with Crippen molar-refractivity contribution in [2.75, 3.05) is 18.5 Å². The molecule has 0 aromatic heterocycles. The molecule has 0 saturated carbocycles. The van der Waals surface area contributed by atoms with Crippen molar-refractivity contribution in [2.45, 2.75) is 32.0 Å². The molecule has 1 aromatic carbocycles. The molecule has 0 bridgehead atoms. The van der Waals surface area contributed by atoms with Crippen LogP contribution in [-0.4, -0.2) is 19.1 Å². The van der Waals surface area contributed by atoms with Crippen molar-refractivity contribution in [2.24, 2.45) is 11.7 Å². The van der Waals surface area contributed by atoms with Crippen LogP contribution in [0.25, 0.3) is 0 Å². The van der Waals surface area contributed by atoms with E-state index in [1.165, 1.54) is 6.07 Å². The fraction of sp³-hybridized carbons (Fsp3) is 0.533. The predicted molar refractivity (Wildman–Crippen MR) is 83.4 cm³/mol. The number of hydrogen-bond acceptors (Lipinski definition) is 3. The number of anilines is 1. The zero-order valence-electron chi connectivity index (χ0n) is 12.5. The molecule has 0 radical (unpaired) electrons. The minimum absolute atomic E-state index is 0. The van der Waals surface area contributed by atoms with Crippen LogP contribution in [0.2, 0.25) is 0 Å². The average molecular weight is 353 g/mol. The number of halogens is 4. The van der Waals surface area contributed by atoms with E-state index in [9.17, 15) is 18.0 Å². The molecule has 1 aliphatic rings. The van der Waals surface area contributed by atoms with Gasteiger partial charge in [-0.05, 0) is 42.5 Å². The van der Waals surface area contributed by atoms with Gasteiger partial charge in [-0.15, -0.1) is 12.4 Å². The highest BCUT2D eigenvalue weighted by Crippen LogP contribution is 2.32. The summed E-state index contributed by atoms with van der Waals surface area (Å²) in [5.74, 6) is 0.0565. The Hall–Kier alpha value is -1.31. The second-order valence-electron chi connectivity index (χ2n) is 5.44. The number of alkyl halides is 3. The molecular formula is C15H20ClF3N2O2. The summed E-state index contributed by atoms with van der Waals surface area (Å²) in [6, 6.07) is 3.38. The van der Waals surface area contributed by atoms with Crippen LogP contribution in [0.4, 0.5) is 18.9 Å². The molecule has 130 valence electrons. The van der Waals surface area contributed by atoms with Gasteiger partial charge in [0.2, 0.25) is 5.91 Å². The number of hydrogen-bond donors (Lipinski definition) is 2. The summed E-state index contributed by atoms with van der Waals surface area (Å²) in [5, 5.41) is 2.52. The highest BCUT2D eigenvalue weighted by molar-refractivity contribution is 5.90. The number of benzene rings is 1. The third-order valence-corrected chi connectivity index (χ3v) is 3.64. The summed E-state index contributed by atoms with van der Waals surface area (Å²) < 4.78 is 43.6. The van der Waals surface area contributed by atoms with Gasteiger partial charge in [0, 0.05) is 31.9 Å². The second-order valence-corrected chi connectivity index (χ2v) is 5.44. The fourth-order valence-corrected chi connectivity index (χ4v) is 2.42. The average Bonchev–Trinajstić information content (AvgIpc) is 2.97. The van der Waals surface area contributed by atoms with Crippen molar-refractivity contribution in [1.82, 2.24) is 0 Å². The topological polar surface area (TPSA) is 64.3 Å². The zero-order valence-corrected chi connectivity index (χ0v) is 13.3. The summed E-state index contributed by atoms with van der Waals surface area (Å²) >= 11 is 0. The van der Waals surface area contributed by atoms with E-state index in [0.29, 0.717) is 31.1 Å². The van der Waals surface area contributed by atoms with Crippen molar-refractivity contribution < 1.29 is 22.7 Å². The van der Waals surface area contributed by atoms with Gasteiger partial charge in [0.1, 0.15) is 0 Å². The Balaban J connectivity index is 0.00000264. The number of carbonyl (C=O) groups is 1. The third kappa shape index (κ3) is 6.01. The van der Waals surface area contributed by atoms with Crippen molar-refractivity contribution in [3.63, 3.8) is 0 Å². The Morgan fingerprint density at radius 1 is 1.35 bits per heavy atom. The van der Waals surface area contributed by atoms with Crippen LogP contribution >= 0.6 is 12.4 Å². The van der Waals surface area contributed by atoms with Crippen LogP contribution in [0.1, 0.15) is 30.4 Å². The standard InChI is InChI=1S/C15H19F3N2O2.ClH/c16-15(17,18)12-5-11(8-19)6-13(7-12)20-14(21)2-1-10-3-4-22-9-10;/h5-7,10H,1-4,8-9,19H2,(H,20,21);1H. The molecule has 1 fully saturated rings. The van der Waals surface area contributed by atoms with E-state index in [1.807, 2.05) is 0 Å². The Morgan fingerprint density at radius 3 is 2.65 bits per heavy atom. The quantitative estimate of drug-likeness (QED) is 0.854. The largest absolute Gasteiger partial charge is 0.416 e. The molecule has 4 nitrogen and oxygen atoms in total. The number of nitrogens with one attached hydrogen (secondary N) is 1. The van der Waals surface area contributed by atoms with Gasteiger partial charge in [-0.25, -0.2) is 0 Å². The van der Waals surface area contributed by atoms with Crippen molar-refractivity contribution in [1.29, 1.82) is 0 Å². The first-order chi connectivity index (χ1) is 10.4. The maximum atomic E-state index is 12.8. The van der Waals surface area contributed by atoms with Crippen molar-refractivity contribution in [3.8, 4) is 0 Å². The highest BCUT2D eigenvalue weighted by atomic mass is 35.5. The molecule has 1 atom stereocenters. The maximum Gasteiger partial charge on any atom is 0.416 e. The van der Waals surface area contributed by atoms with E-state index in [1.54, 1.807) is 0 Å². The normalized spacial score (nSPS) is 17.7. The first-order valence-corrected chi connectivity index (χ1v) is 7.17. The lowest BCUT2D eigenvalue weighted by Crippen LogP contribution is -2.15. The molecule has 2 rings (SSSR count). The molecular weight excluding hydrogens is 333 g/mol. The zero-order chi connectivity index (χ0) is 16.2. The van der Waals surface area contributed by atoms with Crippen LogP contribution in [0, 0.1) is 5.92 Å². The van der Waals surface area contributed by atoms with E-state index >= 15 is 0 Å². The first-order valence-electron chi connectivity index (χ1n) is 7.17. The SMILES string of the molecule is Cl.NCc1cc(NC(=O)CCC2CCOC2)cc(C(F)(F)F)c1. The number of carbonyl (C=O) groups excluding carboxylic acids is 1. The van der Waals surface area contributed by atoms with Crippen LogP contribution in [-0.2, 0) is 22.3 Å². The van der Waals surface area contributed by atoms with Crippen molar-refractivity contribution >= 4 is 24.0 Å². The molecule has 23 heavy (non-hydrogen) atoms. The Bertz CT molecular complexity index is 532. The summed E-state index contributed by atoms with van der Waals surface area (Å²) in [4.78, 5) is 11.9. The van der Waals surface area contributed by atoms with E-state index in [4.69, 9.17) is 10.5 Å². The molecule has 1 unspecified atom stereocenters. The van der Waals surface area contributed by atoms with E-state index < -0.39 is 11.7 Å². The highest BCUT2D eigenvalue weighted by Gasteiger charge is 2.31. The Kier molecular flexibility index (Phi) is 7.31. The van der Waals surface area contributed by atoms with Crippen molar-refractivity contribution in [3.05, 3.63) is 29.3 Å². The summed E-state index contributed by atoms with van der Waals surface area (Å²) in [6.45, 7) is 1.33. The van der Waals surface area contributed by atoms with Gasteiger partial charge in [-0.3, -0.25) is 4.79 Å². The maximum absolute atomic E-state index is 12.8. The molecule has 1 saturated heterocycles. The Labute approximate surface area is 139 Å². The van der Waals surface area contributed by atoms with Crippen LogP contribution < -0.4 is 11.1 Å². The third-order valence-electron chi connectivity index (χ3n) is 3.64. The second kappa shape index (κ2) is 8.52. The molecule has 1 heterocycles. The van der Waals surface area contributed by atoms with Crippen LogP contribution in [0.5, 0.6) is 0 Å². The van der Waals surface area contributed by atoms with Crippen LogP contribution in [0.15, 0.2) is 18.2 Å². The molecule has 8 heteroatoms. The smallest absolute Gasteiger partial charge is 0.381 e. The summed E-state index contributed by atoms with van der Waals surface area (Å²) in [6.07, 6.45) is -2.60. The minimum atomic E-state index is -4.47. The monoisotopic (exact) mass is 352 g/mol. The molecule has 1 amide bonds. The summed E-state index contributed by atoms with van der Waals surface area (Å²) in [7, 11) is 0. The van der Waals surface area contributed by atoms with Gasteiger partial charge in [-0.2, -0.15) is 13.2 Å². The number of nitrogens with two attached hydrogens (primary N) is 1. The summed E-state index contributed by atoms with van der Waals surface area (Å²) in [5.41, 5.74) is 5.05. The molecule has 3 N–H and O–H groups in total. The lowest BCUT2D eigenvalue weighted by atomic mass is 10.0. The molecule has 0 aliphatic carbocycles. The van der Waals surface area contributed by atoms with Gasteiger partial charge in [-0.1, -0.05) is 0 Å². The van der Waals surface area contributed by atoms with Gasteiger partial charge in [0.15, 0.2) is 0 Å². The minimum Gasteiger partial charge on any atom is -0.381 e. The van der Waals surface area contributed by atoms with Gasteiger partial charge in [0.25, 0.3) is 0 Å². The van der Waals surface area contributed by atoms with Gasteiger partial charge >= 0.3 is 6.18 Å². The predicted octanol–water partition coefficient (Wildman–Crippen LogP) is 3.34. The molecule has 0 spiro atoms. The van der Waals surface area contributed by atoms with E-state index in [-0.39, 0.29) is 37.0 Å². The van der Waals surface area contributed by atoms with E-state index in [2.05, 4.69) is 5.32 Å². The van der Waals surface area contributed by atoms with Crippen LogP contribution in [0.3, 0.4) is 0 Å². The fourth-order valence-electron chi connectivity index (χ4n) is 2.42.